The van der Waals surface area contributed by atoms with Crippen LogP contribution in [0.2, 0.25) is 0 Å². The predicted molar refractivity (Wildman–Crippen MR) is 392 cm³/mol. The first-order chi connectivity index (χ1) is 52.3. The number of carbonyl (C=O) groups is 9. The number of phenolic OH excluding ortho intramolecular Hbond substituents is 1. The fourth-order valence-corrected chi connectivity index (χ4v) is 12.6. The van der Waals surface area contributed by atoms with Crippen molar-refractivity contribution < 1.29 is 111 Å². The molecule has 0 aromatic heterocycles. The Morgan fingerprint density at radius 2 is 1.19 bits per heavy atom. The topological polar surface area (TPSA) is 377 Å². The molecular formula is C77H98N8O23. The van der Waals surface area contributed by atoms with Crippen LogP contribution in [0.4, 0.5) is 21.9 Å². The van der Waals surface area contributed by atoms with Crippen LogP contribution in [0.5, 0.6) is 17.2 Å². The van der Waals surface area contributed by atoms with E-state index in [1.54, 1.807) is 55.1 Å². The number of phenols is 1. The third-order valence-corrected chi connectivity index (χ3v) is 18.3. The number of aromatic hydroxyl groups is 1. The zero-order valence-corrected chi connectivity index (χ0v) is 61.4. The van der Waals surface area contributed by atoms with Crippen molar-refractivity contribution in [2.24, 2.45) is 5.92 Å². The van der Waals surface area contributed by atoms with Crippen LogP contribution in [-0.4, -0.2) is 248 Å². The third-order valence-electron chi connectivity index (χ3n) is 18.3. The van der Waals surface area contributed by atoms with Crippen molar-refractivity contribution in [3.8, 4) is 17.2 Å². The molecule has 0 aliphatic carbocycles. The van der Waals surface area contributed by atoms with Crippen LogP contribution in [0.3, 0.4) is 0 Å². The van der Waals surface area contributed by atoms with E-state index in [4.69, 9.17) is 52.1 Å². The number of hydrogen-bond acceptors (Lipinski definition) is 23. The molecular weight excluding hydrogens is 1400 g/mol. The van der Waals surface area contributed by atoms with Gasteiger partial charge in [0.15, 0.2) is 17.7 Å². The number of aliphatic hydroxyl groups is 2. The van der Waals surface area contributed by atoms with E-state index >= 15 is 0 Å². The highest BCUT2D eigenvalue weighted by Crippen LogP contribution is 2.46. The smallest absolute Gasteiger partial charge is 0.416 e. The summed E-state index contributed by atoms with van der Waals surface area (Å²) >= 11 is 0. The number of fused-ring (bicyclic) bond motifs is 6. The van der Waals surface area contributed by atoms with Gasteiger partial charge in [-0.15, -0.1) is 0 Å². The van der Waals surface area contributed by atoms with Gasteiger partial charge in [-0.3, -0.25) is 43.3 Å². The van der Waals surface area contributed by atoms with Gasteiger partial charge in [-0.25, -0.2) is 9.69 Å². The van der Waals surface area contributed by atoms with Crippen LogP contribution < -0.4 is 40.5 Å². The number of carbonyl (C=O) groups excluding carboxylic acids is 9. The molecule has 5 aromatic carbocycles. The summed E-state index contributed by atoms with van der Waals surface area (Å²) in [6, 6.07) is 22.8. The van der Waals surface area contributed by atoms with E-state index in [9.17, 15) is 58.5 Å². The first-order valence-corrected chi connectivity index (χ1v) is 36.3. The normalized spacial score (nSPS) is 16.4. The Kier molecular flexibility index (Phi) is 32.2. The minimum atomic E-state index is -1.61. The Hall–Kier alpha value is -9.67. The number of ether oxygens (including phenoxy) is 11. The first kappa shape index (κ1) is 82.4. The number of nitrogens with zero attached hydrogens (tertiary/aromatic N) is 4. The summed E-state index contributed by atoms with van der Waals surface area (Å²) in [5.74, 6) is -3.74. The summed E-state index contributed by atoms with van der Waals surface area (Å²) in [6.07, 6.45) is 0.245. The second-order valence-electron chi connectivity index (χ2n) is 26.2. The summed E-state index contributed by atoms with van der Waals surface area (Å²) in [5, 5.41) is 45.8. The maximum Gasteiger partial charge on any atom is 0.416 e. The Morgan fingerprint density at radius 1 is 0.611 bits per heavy atom. The summed E-state index contributed by atoms with van der Waals surface area (Å²) < 4.78 is 61.9. The molecule has 31 heteroatoms. The van der Waals surface area contributed by atoms with Gasteiger partial charge in [-0.1, -0.05) is 74.5 Å². The largest absolute Gasteiger partial charge is 0.507 e. The molecule has 108 heavy (non-hydrogen) atoms. The lowest BCUT2D eigenvalue weighted by molar-refractivity contribution is -0.137. The standard InChI is InChI=1S/C77H98N8O23/c1-50(2)72(81-67(89)22-26-99-28-30-101-32-34-103-36-38-105-40-41-106-39-37-104-35-33-102-31-29-100-27-23-78-66(88)21-24-82-69(91)19-20-70(82)92)74(94)79-51(3)73(93)80-56-17-15-52(16-18-56)49-108-77(97)85-60-45-65(64(98-4)43-59(60)75(95)84-46-54-11-6-5-10-53(54)42-62(84)76(85)96)107-25-9-14-68(90)83-47-55(48-86)71-58-13-8-7-12-57(58)63(87)44-61(71)83/h5-8,10-13,15-20,43-45,50-51,55,62,72,76,86-87,96H,9,14,21-42,46-49H2,1-4H3,(H,78,88)(H,79,94)(H,80,93)(H,81,89)/t51-,55-,62-,72-,76?/m0/s1. The molecule has 0 radical (unpaired) electrons. The fourth-order valence-electron chi connectivity index (χ4n) is 12.6. The number of hydrogen-bond donors (Lipinski definition) is 7. The Morgan fingerprint density at radius 3 is 1.80 bits per heavy atom. The van der Waals surface area contributed by atoms with E-state index < -0.39 is 65.9 Å². The van der Waals surface area contributed by atoms with E-state index in [1.807, 2.05) is 42.5 Å². The molecule has 9 amide bonds. The van der Waals surface area contributed by atoms with Gasteiger partial charge in [0.1, 0.15) is 24.4 Å². The number of amides is 9. The van der Waals surface area contributed by atoms with Crippen LogP contribution in [0.25, 0.3) is 10.8 Å². The Labute approximate surface area is 626 Å². The van der Waals surface area contributed by atoms with E-state index in [-0.39, 0.29) is 144 Å². The first-order valence-electron chi connectivity index (χ1n) is 36.3. The van der Waals surface area contributed by atoms with Crippen LogP contribution in [0.15, 0.2) is 103 Å². The van der Waals surface area contributed by atoms with E-state index in [0.717, 1.165) is 31.9 Å². The lowest BCUT2D eigenvalue weighted by Crippen LogP contribution is -2.55. The second-order valence-corrected chi connectivity index (χ2v) is 26.2. The molecule has 7 N–H and O–H groups in total. The van der Waals surface area contributed by atoms with E-state index in [1.165, 1.54) is 43.2 Å². The van der Waals surface area contributed by atoms with E-state index in [2.05, 4.69) is 21.3 Å². The molecule has 5 aromatic rings. The highest BCUT2D eigenvalue weighted by molar-refractivity contribution is 6.13. The average molecular weight is 1500 g/mol. The quantitative estimate of drug-likeness (QED) is 0.0209. The number of methoxy groups -OCH3 is 1. The van der Waals surface area contributed by atoms with Gasteiger partial charge < -0.3 is 98.5 Å². The van der Waals surface area contributed by atoms with Crippen molar-refractivity contribution in [2.45, 2.75) is 96.3 Å². The summed E-state index contributed by atoms with van der Waals surface area (Å²) in [7, 11) is 1.40. The van der Waals surface area contributed by atoms with Crippen LogP contribution in [0, 0.1) is 5.92 Å². The highest BCUT2D eigenvalue weighted by Gasteiger charge is 2.46. The number of benzene rings is 5. The van der Waals surface area contributed by atoms with Gasteiger partial charge in [-0.2, -0.15) is 0 Å². The van der Waals surface area contributed by atoms with Crippen molar-refractivity contribution >= 4 is 81.2 Å². The van der Waals surface area contributed by atoms with Crippen molar-refractivity contribution in [3.63, 3.8) is 0 Å². The number of nitrogens with one attached hydrogen (secondary N) is 4. The zero-order valence-electron chi connectivity index (χ0n) is 61.4. The number of aliphatic hydroxyl groups excluding tert-OH is 2. The van der Waals surface area contributed by atoms with Crippen molar-refractivity contribution in [2.75, 3.05) is 161 Å². The molecule has 1 unspecified atom stereocenters. The van der Waals surface area contributed by atoms with Crippen LogP contribution in [0.1, 0.15) is 85.0 Å². The second kappa shape index (κ2) is 42.2. The van der Waals surface area contributed by atoms with Gasteiger partial charge >= 0.3 is 6.09 Å². The fraction of sp³-hybridized carbons (Fsp3) is 0.494. The Balaban J connectivity index is 0.623. The van der Waals surface area contributed by atoms with Gasteiger partial charge in [0, 0.05) is 86.7 Å². The maximum atomic E-state index is 14.7. The van der Waals surface area contributed by atoms with Crippen molar-refractivity contribution in [1.29, 1.82) is 0 Å². The van der Waals surface area contributed by atoms with Crippen LogP contribution >= 0.6 is 0 Å². The van der Waals surface area contributed by atoms with Gasteiger partial charge in [-0.05, 0) is 71.5 Å². The van der Waals surface area contributed by atoms with Crippen molar-refractivity contribution in [1.82, 2.24) is 25.8 Å². The van der Waals surface area contributed by atoms with Gasteiger partial charge in [0.25, 0.3) is 17.7 Å². The van der Waals surface area contributed by atoms with Crippen molar-refractivity contribution in [3.05, 3.63) is 131 Å². The molecule has 584 valence electrons. The Bertz CT molecular complexity index is 3900. The SMILES string of the molecule is COc1cc2c(cc1OCCCC(=O)N1C[C@@H](CO)c3c1cc(O)c1ccccc31)N(C(=O)OCc1ccc(NC(=O)[C@H](C)NC(=O)[C@@H](NC(=O)CCOCCOCCOCCOCCOCCOCCOCCOCCNC(=O)CCN3C(=O)C=CC3=O)C(C)C)cc1)C(O)[C@@H]1Cc3ccccc3CN1C2=O. The molecule has 4 aliphatic rings. The average Bonchev–Trinajstić information content (AvgIpc) is 1.58. The lowest BCUT2D eigenvalue weighted by Gasteiger charge is -2.39. The maximum absolute atomic E-state index is 14.7. The molecule has 5 atom stereocenters. The van der Waals surface area contributed by atoms with Gasteiger partial charge in [0.05, 0.1) is 149 Å². The number of rotatable bonds is 45. The zero-order chi connectivity index (χ0) is 76.9. The molecule has 31 nitrogen and oxygen atoms in total. The molecule has 0 saturated carbocycles. The third kappa shape index (κ3) is 23.2. The number of imide groups is 1. The van der Waals surface area contributed by atoms with Crippen LogP contribution in [-0.2, 0) is 95.8 Å². The predicted octanol–water partition coefficient (Wildman–Crippen LogP) is 4.42. The molecule has 9 rings (SSSR count). The molecule has 0 fully saturated rings. The molecule has 4 heterocycles. The highest BCUT2D eigenvalue weighted by atomic mass is 16.6. The molecule has 0 spiro atoms. The summed E-state index contributed by atoms with van der Waals surface area (Å²) in [5.41, 5.74) is 4.01. The lowest BCUT2D eigenvalue weighted by atomic mass is 9.93. The number of anilines is 3. The van der Waals surface area contributed by atoms with Gasteiger partial charge in [0.2, 0.25) is 29.5 Å². The molecule has 0 saturated heterocycles. The summed E-state index contributed by atoms with van der Waals surface area (Å²) in [6.45, 7) is 10.6. The minimum Gasteiger partial charge on any atom is -0.507 e. The van der Waals surface area contributed by atoms with E-state index in [0.29, 0.717) is 115 Å². The molecule has 0 bridgehead atoms. The molecule has 4 aliphatic heterocycles. The summed E-state index contributed by atoms with van der Waals surface area (Å²) in [4.78, 5) is 123. The minimum absolute atomic E-state index is 0.00284. The monoisotopic (exact) mass is 1500 g/mol.